The van der Waals surface area contributed by atoms with E-state index in [-0.39, 0.29) is 5.92 Å². The van der Waals surface area contributed by atoms with Crippen LogP contribution in [0.5, 0.6) is 0 Å². The molecule has 3 atom stereocenters. The lowest BCUT2D eigenvalue weighted by Gasteiger charge is -2.20. The Morgan fingerprint density at radius 3 is 2.10 bits per heavy atom. The van der Waals surface area contributed by atoms with Gasteiger partial charge in [-0.1, -0.05) is 13.0 Å². The summed E-state index contributed by atoms with van der Waals surface area (Å²) in [5.74, 6) is -0.0718. The summed E-state index contributed by atoms with van der Waals surface area (Å²) >= 11 is 0. The van der Waals surface area contributed by atoms with E-state index < -0.39 is 12.2 Å². The van der Waals surface area contributed by atoms with Crippen molar-refractivity contribution in [2.75, 3.05) is 0 Å². The van der Waals surface area contributed by atoms with Crippen LogP contribution in [0.3, 0.4) is 0 Å². The average Bonchev–Trinajstić information content (AvgIpc) is 1.88. The van der Waals surface area contributed by atoms with Gasteiger partial charge in [0.05, 0.1) is 12.2 Å². The van der Waals surface area contributed by atoms with Gasteiger partial charge in [-0.2, -0.15) is 0 Å². The zero-order chi connectivity index (χ0) is 8.15. The van der Waals surface area contributed by atoms with Crippen LogP contribution in [0.25, 0.3) is 0 Å². The summed E-state index contributed by atoms with van der Waals surface area (Å²) in [6, 6.07) is 0. The first kappa shape index (κ1) is 9.66. The van der Waals surface area contributed by atoms with Crippen LogP contribution in [0.4, 0.5) is 0 Å². The van der Waals surface area contributed by atoms with Gasteiger partial charge in [0.25, 0.3) is 0 Å². The van der Waals surface area contributed by atoms with Gasteiger partial charge in [0.15, 0.2) is 0 Å². The maximum Gasteiger partial charge on any atom is 0.0770 e. The Bertz CT molecular complexity index is 99.4. The molecular formula is C8H16O2. The number of hydrogen-bond acceptors (Lipinski definition) is 2. The van der Waals surface area contributed by atoms with E-state index in [1.165, 1.54) is 6.08 Å². The van der Waals surface area contributed by atoms with Gasteiger partial charge in [-0.05, 0) is 13.3 Å². The second-order valence-corrected chi connectivity index (χ2v) is 2.54. The van der Waals surface area contributed by atoms with E-state index in [9.17, 15) is 5.11 Å². The standard InChI is InChI=1S/C8H16O2/c1-4-7(6(3)9)8(10)5-2/h5-10H,2,4H2,1,3H3. The minimum absolute atomic E-state index is 0.0718. The van der Waals surface area contributed by atoms with Crippen molar-refractivity contribution in [2.24, 2.45) is 5.92 Å². The maximum absolute atomic E-state index is 9.21. The zero-order valence-electron chi connectivity index (χ0n) is 6.62. The molecule has 0 saturated carbocycles. The molecule has 0 rings (SSSR count). The fourth-order valence-electron chi connectivity index (χ4n) is 1.04. The predicted molar refractivity (Wildman–Crippen MR) is 41.7 cm³/mol. The normalized spacial score (nSPS) is 19.6. The minimum atomic E-state index is -0.579. The molecule has 0 saturated heterocycles. The van der Waals surface area contributed by atoms with E-state index in [0.29, 0.717) is 0 Å². The predicted octanol–water partition coefficient (Wildman–Crippen LogP) is 0.940. The van der Waals surface area contributed by atoms with Gasteiger partial charge in [0.1, 0.15) is 0 Å². The summed E-state index contributed by atoms with van der Waals surface area (Å²) in [6.45, 7) is 7.07. The number of hydrogen-bond donors (Lipinski definition) is 2. The molecule has 2 N–H and O–H groups in total. The van der Waals surface area contributed by atoms with E-state index >= 15 is 0 Å². The number of rotatable bonds is 4. The lowest BCUT2D eigenvalue weighted by Crippen LogP contribution is -2.27. The van der Waals surface area contributed by atoms with E-state index in [4.69, 9.17) is 5.11 Å². The molecule has 2 heteroatoms. The molecule has 0 aromatic carbocycles. The Balaban J connectivity index is 3.92. The molecule has 0 aliphatic rings. The van der Waals surface area contributed by atoms with Crippen molar-refractivity contribution in [3.8, 4) is 0 Å². The fraction of sp³-hybridized carbons (Fsp3) is 0.750. The second-order valence-electron chi connectivity index (χ2n) is 2.54. The van der Waals surface area contributed by atoms with Crippen LogP contribution < -0.4 is 0 Å². The third kappa shape index (κ3) is 2.50. The first-order chi connectivity index (χ1) is 4.63. The zero-order valence-corrected chi connectivity index (χ0v) is 6.62. The Morgan fingerprint density at radius 2 is 2.00 bits per heavy atom. The lowest BCUT2D eigenvalue weighted by molar-refractivity contribution is 0.0443. The van der Waals surface area contributed by atoms with Gasteiger partial charge in [0, 0.05) is 5.92 Å². The molecule has 0 aromatic rings. The summed E-state index contributed by atoms with van der Waals surface area (Å²) in [5, 5.41) is 18.3. The molecular weight excluding hydrogens is 128 g/mol. The number of aliphatic hydroxyl groups excluding tert-OH is 2. The summed E-state index contributed by atoms with van der Waals surface area (Å²) < 4.78 is 0. The van der Waals surface area contributed by atoms with Crippen LogP contribution >= 0.6 is 0 Å². The van der Waals surface area contributed by atoms with E-state index in [2.05, 4.69) is 6.58 Å². The largest absolute Gasteiger partial charge is 0.393 e. The second kappa shape index (κ2) is 4.47. The molecule has 0 aliphatic carbocycles. The van der Waals surface area contributed by atoms with Crippen LogP contribution in [0.2, 0.25) is 0 Å². The molecule has 0 bridgehead atoms. The highest BCUT2D eigenvalue weighted by Crippen LogP contribution is 2.13. The van der Waals surface area contributed by atoms with Crippen LogP contribution in [0.15, 0.2) is 12.7 Å². The monoisotopic (exact) mass is 144 g/mol. The Hall–Kier alpha value is -0.340. The summed E-state index contributed by atoms with van der Waals surface area (Å²) in [6.07, 6.45) is 1.19. The Kier molecular flexibility index (Phi) is 4.32. The van der Waals surface area contributed by atoms with Crippen LogP contribution in [-0.2, 0) is 0 Å². The lowest BCUT2D eigenvalue weighted by atomic mass is 9.94. The van der Waals surface area contributed by atoms with Gasteiger partial charge >= 0.3 is 0 Å². The molecule has 0 heterocycles. The molecule has 0 radical (unpaired) electrons. The van der Waals surface area contributed by atoms with Crippen LogP contribution in [-0.4, -0.2) is 22.4 Å². The van der Waals surface area contributed by atoms with Crippen molar-refractivity contribution < 1.29 is 10.2 Å². The molecule has 3 unspecified atom stereocenters. The highest BCUT2D eigenvalue weighted by Gasteiger charge is 2.18. The van der Waals surface area contributed by atoms with E-state index in [1.807, 2.05) is 6.92 Å². The number of aliphatic hydroxyl groups is 2. The Labute approximate surface area is 62.2 Å². The van der Waals surface area contributed by atoms with Crippen molar-refractivity contribution in [1.29, 1.82) is 0 Å². The first-order valence-electron chi connectivity index (χ1n) is 3.62. The summed E-state index contributed by atoms with van der Waals surface area (Å²) in [5.41, 5.74) is 0. The van der Waals surface area contributed by atoms with Gasteiger partial charge in [-0.15, -0.1) is 6.58 Å². The van der Waals surface area contributed by atoms with E-state index in [1.54, 1.807) is 6.92 Å². The van der Waals surface area contributed by atoms with Crippen molar-refractivity contribution >= 4 is 0 Å². The molecule has 0 aromatic heterocycles. The SMILES string of the molecule is C=CC(O)C(CC)C(C)O. The van der Waals surface area contributed by atoms with Crippen molar-refractivity contribution in [3.05, 3.63) is 12.7 Å². The van der Waals surface area contributed by atoms with Gasteiger partial charge in [-0.25, -0.2) is 0 Å². The quantitative estimate of drug-likeness (QED) is 0.576. The van der Waals surface area contributed by atoms with Crippen LogP contribution in [0, 0.1) is 5.92 Å². The summed E-state index contributed by atoms with van der Waals surface area (Å²) in [7, 11) is 0. The topological polar surface area (TPSA) is 40.5 Å². The minimum Gasteiger partial charge on any atom is -0.393 e. The molecule has 60 valence electrons. The van der Waals surface area contributed by atoms with Gasteiger partial charge in [0.2, 0.25) is 0 Å². The Morgan fingerprint density at radius 1 is 1.50 bits per heavy atom. The average molecular weight is 144 g/mol. The third-order valence-electron chi connectivity index (χ3n) is 1.77. The third-order valence-corrected chi connectivity index (χ3v) is 1.77. The summed E-state index contributed by atoms with van der Waals surface area (Å²) in [4.78, 5) is 0. The maximum atomic E-state index is 9.21. The van der Waals surface area contributed by atoms with Gasteiger partial charge < -0.3 is 10.2 Å². The molecule has 10 heavy (non-hydrogen) atoms. The highest BCUT2D eigenvalue weighted by atomic mass is 16.3. The van der Waals surface area contributed by atoms with Crippen LogP contribution in [0.1, 0.15) is 20.3 Å². The van der Waals surface area contributed by atoms with Gasteiger partial charge in [-0.3, -0.25) is 0 Å². The van der Waals surface area contributed by atoms with Crippen molar-refractivity contribution in [1.82, 2.24) is 0 Å². The molecule has 0 aliphatic heterocycles. The van der Waals surface area contributed by atoms with Crippen molar-refractivity contribution in [2.45, 2.75) is 32.5 Å². The molecule has 0 spiro atoms. The highest BCUT2D eigenvalue weighted by molar-refractivity contribution is 4.85. The first-order valence-corrected chi connectivity index (χ1v) is 3.62. The fourth-order valence-corrected chi connectivity index (χ4v) is 1.04. The smallest absolute Gasteiger partial charge is 0.0770 e. The van der Waals surface area contributed by atoms with Crippen molar-refractivity contribution in [3.63, 3.8) is 0 Å². The molecule has 0 fully saturated rings. The van der Waals surface area contributed by atoms with E-state index in [0.717, 1.165) is 6.42 Å². The molecule has 0 amide bonds. The molecule has 2 nitrogen and oxygen atoms in total.